The van der Waals surface area contributed by atoms with Crippen molar-refractivity contribution in [3.8, 4) is 11.4 Å². The Morgan fingerprint density at radius 3 is 2.20 bits per heavy atom. The van der Waals surface area contributed by atoms with E-state index in [0.717, 1.165) is 46.6 Å². The molecule has 0 bridgehead atoms. The zero-order valence-corrected chi connectivity index (χ0v) is 30.1. The van der Waals surface area contributed by atoms with Gasteiger partial charge in [0.1, 0.15) is 6.54 Å². The molecule has 2 aliphatic rings. The van der Waals surface area contributed by atoms with Gasteiger partial charge in [-0.2, -0.15) is 0 Å². The average Bonchev–Trinajstić information content (AvgIpc) is 3.14. The van der Waals surface area contributed by atoms with Crippen molar-refractivity contribution in [2.45, 2.75) is 77.0 Å². The predicted molar refractivity (Wildman–Crippen MR) is 196 cm³/mol. The number of sulfonamides is 1. The zero-order chi connectivity index (χ0) is 36.2. The number of carbonyl (C=O) groups is 3. The first-order valence-corrected chi connectivity index (χ1v) is 19.6. The van der Waals surface area contributed by atoms with Gasteiger partial charge >= 0.3 is 5.97 Å². The summed E-state index contributed by atoms with van der Waals surface area (Å²) in [5, 5.41) is 11.8. The van der Waals surface area contributed by atoms with Gasteiger partial charge in [-0.3, -0.25) is 14.4 Å². The molecule has 1 heterocycles. The van der Waals surface area contributed by atoms with Crippen LogP contribution in [-0.2, 0) is 36.7 Å². The smallest absolute Gasteiger partial charge is 0.323 e. The summed E-state index contributed by atoms with van der Waals surface area (Å²) >= 11 is 0. The van der Waals surface area contributed by atoms with Gasteiger partial charge in [0.05, 0.1) is 18.8 Å². The second-order valence-electron chi connectivity index (χ2n) is 13.8. The van der Waals surface area contributed by atoms with Crippen LogP contribution in [0.5, 0.6) is 0 Å². The topological polar surface area (TPSA) is 159 Å². The van der Waals surface area contributed by atoms with Gasteiger partial charge in [0.2, 0.25) is 21.8 Å². The Morgan fingerprint density at radius 1 is 0.863 bits per heavy atom. The molecule has 2 aliphatic carbocycles. The lowest BCUT2D eigenvalue weighted by atomic mass is 9.70. The average molecular weight is 716 g/mol. The highest BCUT2D eigenvalue weighted by atomic mass is 32.2. The summed E-state index contributed by atoms with van der Waals surface area (Å²) in [6.07, 6.45) is 17.8. The third kappa shape index (κ3) is 11.5. The zero-order valence-electron chi connectivity index (χ0n) is 29.3. The van der Waals surface area contributed by atoms with E-state index in [4.69, 9.17) is 0 Å². The highest BCUT2D eigenvalue weighted by molar-refractivity contribution is 7.88. The molecule has 2 amide bonds. The minimum Gasteiger partial charge on any atom is -0.480 e. The number of allylic oxidation sites excluding steroid dienone is 2. The first kappa shape index (κ1) is 37.8. The van der Waals surface area contributed by atoms with Gasteiger partial charge in [0.25, 0.3) is 0 Å². The van der Waals surface area contributed by atoms with Crippen molar-refractivity contribution in [3.05, 3.63) is 89.8 Å². The molecule has 0 saturated heterocycles. The third-order valence-corrected chi connectivity index (χ3v) is 11.4. The highest BCUT2D eigenvalue weighted by Gasteiger charge is 2.28. The molecule has 51 heavy (non-hydrogen) atoms. The number of carboxylic acids is 1. The number of amides is 2. The predicted octanol–water partition coefficient (Wildman–Crippen LogP) is 5.58. The van der Waals surface area contributed by atoms with Crippen LogP contribution in [0.4, 0.5) is 0 Å². The molecule has 11 nitrogen and oxygen atoms in total. The molecule has 3 aromatic rings. The van der Waals surface area contributed by atoms with E-state index in [0.29, 0.717) is 17.0 Å². The number of aromatic nitrogens is 2. The summed E-state index contributed by atoms with van der Waals surface area (Å²) in [6, 6.07) is 15.8. The van der Waals surface area contributed by atoms with Crippen molar-refractivity contribution in [1.82, 2.24) is 24.9 Å². The molecule has 0 radical (unpaired) electrons. The maximum atomic E-state index is 12.9. The van der Waals surface area contributed by atoms with Crippen molar-refractivity contribution < 1.29 is 27.9 Å². The molecular weight excluding hydrogens is 667 g/mol. The Balaban J connectivity index is 1.10. The lowest BCUT2D eigenvalue weighted by molar-refractivity contribution is -0.144. The molecule has 0 spiro atoms. The quantitative estimate of drug-likeness (QED) is 0.173. The monoisotopic (exact) mass is 715 g/mol. The van der Waals surface area contributed by atoms with Gasteiger partial charge in [-0.05, 0) is 66.6 Å². The molecule has 2 aromatic carbocycles. The molecule has 1 aromatic heterocycles. The summed E-state index contributed by atoms with van der Waals surface area (Å²) in [5.41, 5.74) is 4.42. The van der Waals surface area contributed by atoms with E-state index in [1.807, 2.05) is 24.5 Å². The van der Waals surface area contributed by atoms with E-state index < -0.39 is 47.4 Å². The van der Waals surface area contributed by atoms with Gasteiger partial charge in [-0.25, -0.2) is 23.1 Å². The first-order valence-electron chi connectivity index (χ1n) is 18.0. The fourth-order valence-corrected chi connectivity index (χ4v) is 8.37. The number of nitrogens with one attached hydrogen (secondary N) is 2. The molecule has 12 heteroatoms. The minimum absolute atomic E-state index is 0.000110. The number of hydrogen-bond donors (Lipinski definition) is 3. The van der Waals surface area contributed by atoms with Crippen molar-refractivity contribution in [1.29, 1.82) is 0 Å². The number of carboxylic acid groups (broad SMARTS) is 1. The maximum Gasteiger partial charge on any atom is 0.323 e. The molecule has 1 unspecified atom stereocenters. The van der Waals surface area contributed by atoms with Crippen LogP contribution in [0.1, 0.15) is 81.4 Å². The standard InChI is InChI=1S/C39H49N5O6S/c1-2-6-28-9-13-31(14-10-28)32-17-19-33(20-18-32)35-21-41-39(42-22-35)34-15-11-29(12-16-34)25-44(26-38(47)48)37(46)24-40-36(45)23-43-51(49,50)27-30-7-4-3-5-8-30/h3-5,7-8,11-12,15-16,19,21-22,28,31-32,43H,2,6,9-10,13-14,17-18,20,23-27H2,1H3,(H,40,45)(H,47,48). The number of rotatable bonds is 16. The van der Waals surface area contributed by atoms with E-state index in [9.17, 15) is 27.9 Å². The van der Waals surface area contributed by atoms with Crippen molar-refractivity contribution in [3.63, 3.8) is 0 Å². The molecule has 272 valence electrons. The molecular formula is C39H49N5O6S. The van der Waals surface area contributed by atoms with E-state index in [1.165, 1.54) is 50.5 Å². The molecule has 0 aliphatic heterocycles. The molecule has 3 N–H and O–H groups in total. The van der Waals surface area contributed by atoms with Gasteiger partial charge in [0, 0.05) is 30.1 Å². The Morgan fingerprint density at radius 2 is 1.57 bits per heavy atom. The lowest BCUT2D eigenvalue weighted by Gasteiger charge is -2.35. The Hall–Kier alpha value is -4.42. The van der Waals surface area contributed by atoms with Crippen molar-refractivity contribution >= 4 is 33.4 Å². The van der Waals surface area contributed by atoms with Crippen LogP contribution in [0.15, 0.2) is 73.1 Å². The third-order valence-electron chi connectivity index (χ3n) is 10.1. The van der Waals surface area contributed by atoms with E-state index >= 15 is 0 Å². The van der Waals surface area contributed by atoms with Crippen LogP contribution in [0.25, 0.3) is 17.0 Å². The Bertz CT molecular complexity index is 1760. The van der Waals surface area contributed by atoms with Gasteiger partial charge < -0.3 is 15.3 Å². The largest absolute Gasteiger partial charge is 0.480 e. The normalized spacial score (nSPS) is 19.2. The van der Waals surface area contributed by atoms with Crippen LogP contribution < -0.4 is 10.0 Å². The lowest BCUT2D eigenvalue weighted by Crippen LogP contribution is -2.44. The summed E-state index contributed by atoms with van der Waals surface area (Å²) in [4.78, 5) is 47.1. The van der Waals surface area contributed by atoms with Gasteiger partial charge in [-0.1, -0.05) is 93.3 Å². The number of aliphatic carboxylic acids is 1. The van der Waals surface area contributed by atoms with Crippen molar-refractivity contribution in [2.24, 2.45) is 17.8 Å². The van der Waals surface area contributed by atoms with Crippen LogP contribution in [0, 0.1) is 17.8 Å². The summed E-state index contributed by atoms with van der Waals surface area (Å²) < 4.78 is 26.8. The summed E-state index contributed by atoms with van der Waals surface area (Å²) in [5.74, 6) is 0.328. The van der Waals surface area contributed by atoms with Gasteiger partial charge in [0.15, 0.2) is 5.82 Å². The van der Waals surface area contributed by atoms with Crippen LogP contribution in [-0.4, -0.2) is 65.8 Å². The van der Waals surface area contributed by atoms with Crippen LogP contribution in [0.2, 0.25) is 0 Å². The van der Waals surface area contributed by atoms with Crippen LogP contribution >= 0.6 is 0 Å². The number of nitrogens with zero attached hydrogens (tertiary/aromatic N) is 3. The fourth-order valence-electron chi connectivity index (χ4n) is 7.29. The van der Waals surface area contributed by atoms with E-state index in [1.54, 1.807) is 42.5 Å². The fraction of sp³-hybridized carbons (Fsp3) is 0.462. The molecule has 1 saturated carbocycles. The second-order valence-corrected chi connectivity index (χ2v) is 15.6. The second kappa shape index (κ2) is 18.2. The summed E-state index contributed by atoms with van der Waals surface area (Å²) in [6.45, 7) is 0.688. The Kier molecular flexibility index (Phi) is 13.5. The first-order chi connectivity index (χ1) is 24.6. The highest BCUT2D eigenvalue weighted by Crippen LogP contribution is 2.42. The maximum absolute atomic E-state index is 12.9. The number of carbonyl (C=O) groups excluding carboxylic acids is 2. The Labute approximate surface area is 301 Å². The number of hydrogen-bond acceptors (Lipinski definition) is 7. The summed E-state index contributed by atoms with van der Waals surface area (Å²) in [7, 11) is -3.78. The minimum atomic E-state index is -3.78. The van der Waals surface area contributed by atoms with Gasteiger partial charge in [-0.15, -0.1) is 0 Å². The molecule has 1 fully saturated rings. The van der Waals surface area contributed by atoms with Crippen molar-refractivity contribution in [2.75, 3.05) is 19.6 Å². The number of benzene rings is 2. The van der Waals surface area contributed by atoms with E-state index in [2.05, 4.69) is 33.0 Å². The molecule has 1 atom stereocenters. The molecule has 5 rings (SSSR count). The van der Waals surface area contributed by atoms with Crippen LogP contribution in [0.3, 0.4) is 0 Å². The van der Waals surface area contributed by atoms with E-state index in [-0.39, 0.29) is 12.3 Å². The SMILES string of the molecule is CCCC1CCC(C2CC=C(c3cnc(-c4ccc(CN(CC(=O)O)C(=O)CNC(=O)CNS(=O)(=O)Cc5ccccc5)cc4)nc3)CC2)CC1.